The third-order valence-electron chi connectivity index (χ3n) is 4.51. The van der Waals surface area contributed by atoms with Gasteiger partial charge in [-0.05, 0) is 58.8 Å². The molecule has 0 bridgehead atoms. The molecule has 1 saturated heterocycles. The first kappa shape index (κ1) is 16.2. The van der Waals surface area contributed by atoms with Gasteiger partial charge < -0.3 is 10.1 Å². The number of rotatable bonds is 6. The summed E-state index contributed by atoms with van der Waals surface area (Å²) in [6, 6.07) is 0. The molecule has 1 N–H and O–H groups in total. The molecule has 4 nitrogen and oxygen atoms in total. The van der Waals surface area contributed by atoms with Crippen molar-refractivity contribution in [2.24, 2.45) is 5.92 Å². The zero-order chi connectivity index (χ0) is 15.2. The minimum absolute atomic E-state index is 0.836. The predicted molar refractivity (Wildman–Crippen MR) is 86.8 cm³/mol. The Morgan fingerprint density at radius 2 is 2.05 bits per heavy atom. The summed E-state index contributed by atoms with van der Waals surface area (Å²) in [7, 11) is 1.74. The van der Waals surface area contributed by atoms with E-state index in [-0.39, 0.29) is 0 Å². The summed E-state index contributed by atoms with van der Waals surface area (Å²) in [6.45, 7) is 11.9. The van der Waals surface area contributed by atoms with Crippen LogP contribution >= 0.6 is 0 Å². The van der Waals surface area contributed by atoms with Crippen molar-refractivity contribution in [1.82, 2.24) is 15.2 Å². The van der Waals surface area contributed by atoms with E-state index in [1.54, 1.807) is 7.11 Å². The van der Waals surface area contributed by atoms with Gasteiger partial charge >= 0.3 is 0 Å². The van der Waals surface area contributed by atoms with Gasteiger partial charge in [-0.25, -0.2) is 0 Å². The molecule has 0 unspecified atom stereocenters. The van der Waals surface area contributed by atoms with Crippen molar-refractivity contribution in [2.75, 3.05) is 33.3 Å². The Balaban J connectivity index is 1.92. The van der Waals surface area contributed by atoms with Crippen molar-refractivity contribution >= 4 is 0 Å². The van der Waals surface area contributed by atoms with Crippen LogP contribution in [-0.4, -0.2) is 43.2 Å². The van der Waals surface area contributed by atoms with Crippen molar-refractivity contribution in [2.45, 2.75) is 40.2 Å². The van der Waals surface area contributed by atoms with Gasteiger partial charge in [-0.15, -0.1) is 0 Å². The van der Waals surface area contributed by atoms with E-state index in [4.69, 9.17) is 4.74 Å². The maximum atomic E-state index is 5.50. The van der Waals surface area contributed by atoms with Gasteiger partial charge in [-0.1, -0.05) is 6.92 Å². The zero-order valence-electron chi connectivity index (χ0n) is 13.9. The van der Waals surface area contributed by atoms with Crippen LogP contribution in [0.25, 0.3) is 0 Å². The Morgan fingerprint density at radius 3 is 2.67 bits per heavy atom. The van der Waals surface area contributed by atoms with Gasteiger partial charge in [0.1, 0.15) is 5.75 Å². The van der Waals surface area contributed by atoms with Crippen LogP contribution in [0.2, 0.25) is 0 Å². The molecule has 1 fully saturated rings. The highest BCUT2D eigenvalue weighted by atomic mass is 16.5. The van der Waals surface area contributed by atoms with Crippen LogP contribution in [0.15, 0.2) is 6.20 Å². The molecule has 0 radical (unpaired) electrons. The van der Waals surface area contributed by atoms with Crippen molar-refractivity contribution in [3.8, 4) is 5.75 Å². The highest BCUT2D eigenvalue weighted by Crippen LogP contribution is 2.26. The monoisotopic (exact) mass is 291 g/mol. The molecule has 2 rings (SSSR count). The lowest BCUT2D eigenvalue weighted by atomic mass is 9.96. The molecule has 1 aliphatic heterocycles. The molecular formula is C17H29N3O. The van der Waals surface area contributed by atoms with Crippen molar-refractivity contribution in [3.05, 3.63) is 23.0 Å². The average Bonchev–Trinajstić information content (AvgIpc) is 2.50. The molecule has 0 spiro atoms. The van der Waals surface area contributed by atoms with E-state index >= 15 is 0 Å². The molecular weight excluding hydrogens is 262 g/mol. The standard InChI is InChI=1S/C17H29N3O/c1-5-18-11-15-6-8-20(9-7-15)12-16-14(3)17(21-4)13(2)10-19-16/h10,15,18H,5-9,11-12H2,1-4H3. The average molecular weight is 291 g/mol. The number of hydrogen-bond acceptors (Lipinski definition) is 4. The van der Waals surface area contributed by atoms with E-state index in [0.717, 1.165) is 36.0 Å². The molecule has 21 heavy (non-hydrogen) atoms. The molecule has 0 saturated carbocycles. The lowest BCUT2D eigenvalue weighted by Crippen LogP contribution is -2.37. The van der Waals surface area contributed by atoms with Crippen LogP contribution in [0.3, 0.4) is 0 Å². The lowest BCUT2D eigenvalue weighted by molar-refractivity contribution is 0.173. The zero-order valence-corrected chi connectivity index (χ0v) is 13.9. The quantitative estimate of drug-likeness (QED) is 0.874. The van der Waals surface area contributed by atoms with Crippen LogP contribution in [0.5, 0.6) is 5.75 Å². The summed E-state index contributed by atoms with van der Waals surface area (Å²) in [6.07, 6.45) is 4.50. The number of methoxy groups -OCH3 is 1. The number of nitrogens with one attached hydrogen (secondary N) is 1. The fourth-order valence-corrected chi connectivity index (χ4v) is 3.14. The Labute approximate surface area is 128 Å². The van der Waals surface area contributed by atoms with Crippen LogP contribution in [0.4, 0.5) is 0 Å². The molecule has 0 atom stereocenters. The molecule has 0 aliphatic carbocycles. The van der Waals surface area contributed by atoms with Gasteiger partial charge in [0.25, 0.3) is 0 Å². The van der Waals surface area contributed by atoms with Crippen molar-refractivity contribution < 1.29 is 4.74 Å². The van der Waals surface area contributed by atoms with E-state index in [0.29, 0.717) is 0 Å². The van der Waals surface area contributed by atoms with Crippen LogP contribution in [0.1, 0.15) is 36.6 Å². The minimum atomic E-state index is 0.836. The van der Waals surface area contributed by atoms with Crippen LogP contribution < -0.4 is 10.1 Å². The minimum Gasteiger partial charge on any atom is -0.496 e. The molecule has 1 aliphatic rings. The summed E-state index contributed by atoms with van der Waals surface area (Å²) in [5, 5.41) is 3.47. The maximum Gasteiger partial charge on any atom is 0.128 e. The van der Waals surface area contributed by atoms with E-state index in [9.17, 15) is 0 Å². The molecule has 0 amide bonds. The maximum absolute atomic E-state index is 5.50. The van der Waals surface area contributed by atoms with Crippen LogP contribution in [-0.2, 0) is 6.54 Å². The number of hydrogen-bond donors (Lipinski definition) is 1. The third-order valence-corrected chi connectivity index (χ3v) is 4.51. The van der Waals surface area contributed by atoms with E-state index in [2.05, 4.69) is 36.0 Å². The molecule has 4 heteroatoms. The van der Waals surface area contributed by atoms with Crippen LogP contribution in [0, 0.1) is 19.8 Å². The second-order valence-corrected chi connectivity index (χ2v) is 6.07. The van der Waals surface area contributed by atoms with Gasteiger partial charge in [0, 0.05) is 23.9 Å². The fraction of sp³-hybridized carbons (Fsp3) is 0.706. The number of likely N-dealkylation sites (tertiary alicyclic amines) is 1. The number of aromatic nitrogens is 1. The highest BCUT2D eigenvalue weighted by molar-refractivity contribution is 5.41. The Bertz CT molecular complexity index is 454. The summed E-state index contributed by atoms with van der Waals surface area (Å²) in [4.78, 5) is 7.14. The molecule has 0 aromatic carbocycles. The largest absolute Gasteiger partial charge is 0.496 e. The van der Waals surface area contributed by atoms with E-state index in [1.165, 1.54) is 38.0 Å². The van der Waals surface area contributed by atoms with Crippen molar-refractivity contribution in [1.29, 1.82) is 0 Å². The summed E-state index contributed by atoms with van der Waals surface area (Å²) >= 11 is 0. The second-order valence-electron chi connectivity index (χ2n) is 6.07. The Morgan fingerprint density at radius 1 is 1.33 bits per heavy atom. The number of ether oxygens (including phenoxy) is 1. The van der Waals surface area contributed by atoms with Gasteiger partial charge in [0.15, 0.2) is 0 Å². The first-order valence-electron chi connectivity index (χ1n) is 8.07. The lowest BCUT2D eigenvalue weighted by Gasteiger charge is -2.32. The highest BCUT2D eigenvalue weighted by Gasteiger charge is 2.20. The topological polar surface area (TPSA) is 37.4 Å². The first-order valence-corrected chi connectivity index (χ1v) is 8.07. The fourth-order valence-electron chi connectivity index (χ4n) is 3.14. The predicted octanol–water partition coefficient (Wildman–Crippen LogP) is 2.53. The SMILES string of the molecule is CCNCC1CCN(Cc2ncc(C)c(OC)c2C)CC1. The van der Waals surface area contributed by atoms with Gasteiger partial charge in [0.2, 0.25) is 0 Å². The first-order chi connectivity index (χ1) is 10.2. The van der Waals surface area contributed by atoms with E-state index in [1.807, 2.05) is 6.20 Å². The summed E-state index contributed by atoms with van der Waals surface area (Å²) in [5.74, 6) is 1.82. The number of nitrogens with zero attached hydrogens (tertiary/aromatic N) is 2. The number of aryl methyl sites for hydroxylation is 1. The Kier molecular flexibility index (Phi) is 6.00. The molecule has 1 aromatic rings. The van der Waals surface area contributed by atoms with E-state index < -0.39 is 0 Å². The van der Waals surface area contributed by atoms with Gasteiger partial charge in [-0.3, -0.25) is 9.88 Å². The van der Waals surface area contributed by atoms with Crippen molar-refractivity contribution in [3.63, 3.8) is 0 Å². The van der Waals surface area contributed by atoms with Gasteiger partial charge in [0.05, 0.1) is 12.8 Å². The number of pyridine rings is 1. The number of piperidine rings is 1. The summed E-state index contributed by atoms with van der Waals surface area (Å²) in [5.41, 5.74) is 3.46. The molecule has 2 heterocycles. The smallest absolute Gasteiger partial charge is 0.128 e. The Hall–Kier alpha value is -1.13. The molecule has 118 valence electrons. The normalized spacial score (nSPS) is 17.1. The second kappa shape index (κ2) is 7.76. The summed E-state index contributed by atoms with van der Waals surface area (Å²) < 4.78 is 5.50. The third kappa shape index (κ3) is 4.17. The molecule has 1 aromatic heterocycles. The van der Waals surface area contributed by atoms with Gasteiger partial charge in [-0.2, -0.15) is 0 Å².